The highest BCUT2D eigenvalue weighted by Crippen LogP contribution is 2.36. The average molecular weight is 140 g/mol. The SMILES string of the molecule is C=CCC1CCC1C(=O)O. The summed E-state index contributed by atoms with van der Waals surface area (Å²) in [4.78, 5) is 10.4. The van der Waals surface area contributed by atoms with Gasteiger partial charge < -0.3 is 5.11 Å². The molecule has 0 bridgehead atoms. The van der Waals surface area contributed by atoms with Gasteiger partial charge >= 0.3 is 5.97 Å². The monoisotopic (exact) mass is 140 g/mol. The van der Waals surface area contributed by atoms with Gasteiger partial charge in [-0.2, -0.15) is 0 Å². The highest BCUT2D eigenvalue weighted by atomic mass is 16.4. The van der Waals surface area contributed by atoms with E-state index in [1.54, 1.807) is 6.08 Å². The predicted octanol–water partition coefficient (Wildman–Crippen LogP) is 1.67. The Kier molecular flexibility index (Phi) is 2.10. The maximum absolute atomic E-state index is 10.4. The molecule has 0 heterocycles. The first-order valence-electron chi connectivity index (χ1n) is 3.59. The van der Waals surface area contributed by atoms with Crippen LogP contribution in [0.3, 0.4) is 0 Å². The second-order valence-electron chi connectivity index (χ2n) is 2.81. The fourth-order valence-corrected chi connectivity index (χ4v) is 1.39. The van der Waals surface area contributed by atoms with Gasteiger partial charge in [-0.25, -0.2) is 0 Å². The van der Waals surface area contributed by atoms with Gasteiger partial charge in [0.2, 0.25) is 0 Å². The summed E-state index contributed by atoms with van der Waals surface area (Å²) in [6.07, 6.45) is 4.58. The molecule has 1 rings (SSSR count). The van der Waals surface area contributed by atoms with Crippen molar-refractivity contribution in [2.24, 2.45) is 11.8 Å². The molecule has 0 aromatic carbocycles. The first kappa shape index (κ1) is 7.32. The molecule has 2 nitrogen and oxygen atoms in total. The van der Waals surface area contributed by atoms with E-state index in [1.165, 1.54) is 0 Å². The van der Waals surface area contributed by atoms with Crippen LogP contribution in [0.25, 0.3) is 0 Å². The van der Waals surface area contributed by atoms with Gasteiger partial charge in [-0.1, -0.05) is 6.08 Å². The summed E-state index contributed by atoms with van der Waals surface area (Å²) < 4.78 is 0. The van der Waals surface area contributed by atoms with Crippen molar-refractivity contribution in [2.75, 3.05) is 0 Å². The Morgan fingerprint density at radius 3 is 2.70 bits per heavy atom. The van der Waals surface area contributed by atoms with Gasteiger partial charge in [-0.05, 0) is 25.2 Å². The normalized spacial score (nSPS) is 30.8. The van der Waals surface area contributed by atoms with Crippen molar-refractivity contribution in [1.29, 1.82) is 0 Å². The summed E-state index contributed by atoms with van der Waals surface area (Å²) in [5.74, 6) is -0.355. The van der Waals surface area contributed by atoms with Crippen molar-refractivity contribution in [1.82, 2.24) is 0 Å². The topological polar surface area (TPSA) is 37.3 Å². The summed E-state index contributed by atoms with van der Waals surface area (Å²) in [6.45, 7) is 3.58. The van der Waals surface area contributed by atoms with Crippen LogP contribution in [0.1, 0.15) is 19.3 Å². The molecule has 56 valence electrons. The van der Waals surface area contributed by atoms with Gasteiger partial charge in [0.1, 0.15) is 0 Å². The lowest BCUT2D eigenvalue weighted by molar-refractivity contribution is -0.147. The van der Waals surface area contributed by atoms with E-state index in [9.17, 15) is 4.79 Å². The van der Waals surface area contributed by atoms with Crippen LogP contribution in [0.5, 0.6) is 0 Å². The van der Waals surface area contributed by atoms with Crippen LogP contribution in [0.4, 0.5) is 0 Å². The smallest absolute Gasteiger partial charge is 0.306 e. The van der Waals surface area contributed by atoms with Crippen molar-refractivity contribution < 1.29 is 9.90 Å². The standard InChI is InChI=1S/C8H12O2/c1-2-3-6-4-5-7(6)8(9)10/h2,6-7H,1,3-5H2,(H,9,10). The van der Waals surface area contributed by atoms with Gasteiger partial charge in [0.15, 0.2) is 0 Å². The van der Waals surface area contributed by atoms with E-state index in [1.807, 2.05) is 0 Å². The summed E-state index contributed by atoms with van der Waals surface area (Å²) in [7, 11) is 0. The van der Waals surface area contributed by atoms with Crippen molar-refractivity contribution in [2.45, 2.75) is 19.3 Å². The zero-order valence-electron chi connectivity index (χ0n) is 5.92. The molecule has 10 heavy (non-hydrogen) atoms. The summed E-state index contributed by atoms with van der Waals surface area (Å²) >= 11 is 0. The molecular formula is C8H12O2. The Hall–Kier alpha value is -0.790. The van der Waals surface area contributed by atoms with Crippen LogP contribution >= 0.6 is 0 Å². The van der Waals surface area contributed by atoms with Crippen LogP contribution in [0.15, 0.2) is 12.7 Å². The second-order valence-corrected chi connectivity index (χ2v) is 2.81. The molecule has 1 N–H and O–H groups in total. The van der Waals surface area contributed by atoms with Gasteiger partial charge in [-0.15, -0.1) is 6.58 Å². The summed E-state index contributed by atoms with van der Waals surface area (Å²) in [6, 6.07) is 0. The first-order chi connectivity index (χ1) is 4.75. The number of allylic oxidation sites excluding steroid dienone is 1. The lowest BCUT2D eigenvalue weighted by atomic mass is 9.72. The number of hydrogen-bond acceptors (Lipinski definition) is 1. The number of carbonyl (C=O) groups is 1. The molecule has 0 radical (unpaired) electrons. The quantitative estimate of drug-likeness (QED) is 0.605. The van der Waals surface area contributed by atoms with Crippen LogP contribution in [0, 0.1) is 11.8 Å². The van der Waals surface area contributed by atoms with Gasteiger partial charge in [0.05, 0.1) is 5.92 Å². The molecule has 1 aliphatic carbocycles. The molecule has 0 spiro atoms. The fourth-order valence-electron chi connectivity index (χ4n) is 1.39. The molecule has 0 aromatic rings. The maximum Gasteiger partial charge on any atom is 0.306 e. The van der Waals surface area contributed by atoms with E-state index < -0.39 is 5.97 Å². The lowest BCUT2D eigenvalue weighted by Crippen LogP contribution is -2.32. The minimum atomic E-state index is -0.641. The molecule has 1 aliphatic rings. The third-order valence-corrected chi connectivity index (χ3v) is 2.20. The Bertz CT molecular complexity index is 151. The highest BCUT2D eigenvalue weighted by molar-refractivity contribution is 5.71. The van der Waals surface area contributed by atoms with E-state index in [0.717, 1.165) is 19.3 Å². The van der Waals surface area contributed by atoms with E-state index in [2.05, 4.69) is 6.58 Å². The average Bonchev–Trinajstić information content (AvgIpc) is 1.78. The molecule has 0 amide bonds. The number of carboxylic acids is 1. The highest BCUT2D eigenvalue weighted by Gasteiger charge is 2.35. The fraction of sp³-hybridized carbons (Fsp3) is 0.625. The maximum atomic E-state index is 10.4. The molecule has 1 saturated carbocycles. The van der Waals surface area contributed by atoms with E-state index in [4.69, 9.17) is 5.11 Å². The minimum Gasteiger partial charge on any atom is -0.481 e. The molecule has 1 fully saturated rings. The van der Waals surface area contributed by atoms with Gasteiger partial charge in [0.25, 0.3) is 0 Å². The lowest BCUT2D eigenvalue weighted by Gasteiger charge is -2.32. The first-order valence-corrected chi connectivity index (χ1v) is 3.59. The van der Waals surface area contributed by atoms with Crippen LogP contribution in [-0.2, 0) is 4.79 Å². The largest absolute Gasteiger partial charge is 0.481 e. The van der Waals surface area contributed by atoms with Crippen molar-refractivity contribution in [3.05, 3.63) is 12.7 Å². The van der Waals surface area contributed by atoms with E-state index in [0.29, 0.717) is 5.92 Å². The molecule has 2 atom stereocenters. The number of carboxylic acid groups (broad SMARTS) is 1. The Morgan fingerprint density at radius 2 is 2.40 bits per heavy atom. The minimum absolute atomic E-state index is 0.0852. The molecule has 0 aromatic heterocycles. The molecule has 0 saturated heterocycles. The van der Waals surface area contributed by atoms with Gasteiger partial charge in [-0.3, -0.25) is 4.79 Å². The Morgan fingerprint density at radius 1 is 1.70 bits per heavy atom. The van der Waals surface area contributed by atoms with Crippen LogP contribution < -0.4 is 0 Å². The molecular weight excluding hydrogens is 128 g/mol. The summed E-state index contributed by atoms with van der Waals surface area (Å²) in [5.41, 5.74) is 0. The Balaban J connectivity index is 2.35. The number of aliphatic carboxylic acids is 1. The second kappa shape index (κ2) is 2.86. The van der Waals surface area contributed by atoms with Crippen LogP contribution in [0.2, 0.25) is 0 Å². The van der Waals surface area contributed by atoms with Crippen molar-refractivity contribution in [3.8, 4) is 0 Å². The van der Waals surface area contributed by atoms with Crippen molar-refractivity contribution >= 4 is 5.97 Å². The zero-order valence-corrected chi connectivity index (χ0v) is 5.92. The predicted molar refractivity (Wildman–Crippen MR) is 38.7 cm³/mol. The molecule has 0 aliphatic heterocycles. The molecule has 2 heteroatoms. The zero-order chi connectivity index (χ0) is 7.56. The van der Waals surface area contributed by atoms with Crippen LogP contribution in [-0.4, -0.2) is 11.1 Å². The van der Waals surface area contributed by atoms with E-state index in [-0.39, 0.29) is 5.92 Å². The van der Waals surface area contributed by atoms with Crippen molar-refractivity contribution in [3.63, 3.8) is 0 Å². The third kappa shape index (κ3) is 1.20. The number of hydrogen-bond donors (Lipinski definition) is 1. The Labute approximate surface area is 60.6 Å². The third-order valence-electron chi connectivity index (χ3n) is 2.20. The summed E-state index contributed by atoms with van der Waals surface area (Å²) in [5, 5.41) is 8.60. The van der Waals surface area contributed by atoms with Gasteiger partial charge in [0, 0.05) is 0 Å². The van der Waals surface area contributed by atoms with E-state index >= 15 is 0 Å². The molecule has 2 unspecified atom stereocenters. The number of rotatable bonds is 3.